The van der Waals surface area contributed by atoms with Gasteiger partial charge in [0, 0.05) is 23.2 Å². The van der Waals surface area contributed by atoms with E-state index >= 15 is 0 Å². The quantitative estimate of drug-likeness (QED) is 0.637. The molecule has 3 aromatic rings. The van der Waals surface area contributed by atoms with Gasteiger partial charge >= 0.3 is 0 Å². The Labute approximate surface area is 156 Å². The van der Waals surface area contributed by atoms with Crippen molar-refractivity contribution in [3.05, 3.63) is 65.1 Å². The molecule has 0 saturated carbocycles. The van der Waals surface area contributed by atoms with Gasteiger partial charge in [-0.2, -0.15) is 5.26 Å². The fraction of sp³-hybridized carbons (Fsp3) is 0.100. The van der Waals surface area contributed by atoms with Gasteiger partial charge in [-0.25, -0.2) is 4.98 Å². The van der Waals surface area contributed by atoms with E-state index in [4.69, 9.17) is 9.47 Å². The number of nitrogens with one attached hydrogen (secondary N) is 1. The lowest BCUT2D eigenvalue weighted by Crippen LogP contribution is -1.95. The van der Waals surface area contributed by atoms with Crippen molar-refractivity contribution in [2.45, 2.75) is 0 Å². The number of methoxy groups -OCH3 is 2. The van der Waals surface area contributed by atoms with E-state index in [2.05, 4.69) is 16.4 Å². The second kappa shape index (κ2) is 8.19. The lowest BCUT2D eigenvalue weighted by Gasteiger charge is -2.10. The van der Waals surface area contributed by atoms with Gasteiger partial charge in [-0.1, -0.05) is 30.3 Å². The number of anilines is 1. The van der Waals surface area contributed by atoms with E-state index in [0.29, 0.717) is 22.1 Å². The Morgan fingerprint density at radius 1 is 1.15 bits per heavy atom. The van der Waals surface area contributed by atoms with Crippen molar-refractivity contribution in [2.24, 2.45) is 0 Å². The first-order chi connectivity index (χ1) is 12.7. The number of ether oxygens (including phenoxy) is 2. The molecule has 0 aliphatic rings. The summed E-state index contributed by atoms with van der Waals surface area (Å²) in [5, 5.41) is 15.2. The third-order valence-electron chi connectivity index (χ3n) is 3.71. The van der Waals surface area contributed by atoms with Crippen LogP contribution in [0, 0.1) is 11.3 Å². The third kappa shape index (κ3) is 3.85. The van der Waals surface area contributed by atoms with E-state index < -0.39 is 0 Å². The maximum atomic E-state index is 9.50. The van der Waals surface area contributed by atoms with Crippen molar-refractivity contribution < 1.29 is 9.47 Å². The van der Waals surface area contributed by atoms with Crippen LogP contribution in [0.5, 0.6) is 11.5 Å². The number of allylic oxidation sites excluding steroid dienone is 1. The summed E-state index contributed by atoms with van der Waals surface area (Å²) >= 11 is 1.44. The number of nitriles is 1. The zero-order valence-electron chi connectivity index (χ0n) is 14.4. The van der Waals surface area contributed by atoms with Gasteiger partial charge in [0.15, 0.2) is 0 Å². The largest absolute Gasteiger partial charge is 0.497 e. The van der Waals surface area contributed by atoms with Gasteiger partial charge in [0.1, 0.15) is 28.1 Å². The summed E-state index contributed by atoms with van der Waals surface area (Å²) in [5.74, 6) is 1.33. The van der Waals surface area contributed by atoms with Crippen LogP contribution < -0.4 is 14.8 Å². The third-order valence-corrected chi connectivity index (χ3v) is 4.58. The highest BCUT2D eigenvalue weighted by atomic mass is 32.1. The van der Waals surface area contributed by atoms with Crippen LogP contribution in [0.4, 0.5) is 5.69 Å². The minimum Gasteiger partial charge on any atom is -0.497 e. The lowest BCUT2D eigenvalue weighted by molar-refractivity contribution is 0.395. The molecule has 26 heavy (non-hydrogen) atoms. The van der Waals surface area contributed by atoms with Crippen molar-refractivity contribution in [1.29, 1.82) is 5.26 Å². The van der Waals surface area contributed by atoms with Crippen LogP contribution >= 0.6 is 11.3 Å². The molecule has 0 bridgehead atoms. The molecule has 1 aromatic heterocycles. The summed E-state index contributed by atoms with van der Waals surface area (Å²) < 4.78 is 10.5. The Morgan fingerprint density at radius 3 is 2.65 bits per heavy atom. The maximum absolute atomic E-state index is 9.50. The molecule has 3 rings (SSSR count). The Morgan fingerprint density at radius 2 is 1.96 bits per heavy atom. The van der Waals surface area contributed by atoms with E-state index in [-0.39, 0.29) is 0 Å². The number of hydrogen-bond acceptors (Lipinski definition) is 6. The lowest BCUT2D eigenvalue weighted by atomic mass is 10.2. The molecule has 0 aliphatic carbocycles. The van der Waals surface area contributed by atoms with Gasteiger partial charge in [-0.15, -0.1) is 11.3 Å². The van der Waals surface area contributed by atoms with Gasteiger partial charge in [-0.05, 0) is 12.1 Å². The first-order valence-electron chi connectivity index (χ1n) is 7.85. The van der Waals surface area contributed by atoms with Gasteiger partial charge in [0.05, 0.1) is 25.6 Å². The van der Waals surface area contributed by atoms with E-state index in [1.54, 1.807) is 26.5 Å². The number of rotatable bonds is 6. The Kier molecular flexibility index (Phi) is 5.52. The number of aromatic nitrogens is 1. The molecule has 1 N–H and O–H groups in total. The zero-order valence-corrected chi connectivity index (χ0v) is 15.2. The number of benzene rings is 2. The molecule has 5 nitrogen and oxygen atoms in total. The first-order valence-corrected chi connectivity index (χ1v) is 8.73. The summed E-state index contributed by atoms with van der Waals surface area (Å²) in [6, 6.07) is 17.5. The maximum Gasteiger partial charge on any atom is 0.145 e. The molecule has 0 aliphatic heterocycles. The molecule has 0 amide bonds. The molecule has 0 saturated heterocycles. The second-order valence-electron chi connectivity index (χ2n) is 5.28. The van der Waals surface area contributed by atoms with Crippen LogP contribution in [0.25, 0.3) is 16.8 Å². The summed E-state index contributed by atoms with van der Waals surface area (Å²) in [4.78, 5) is 4.57. The highest BCUT2D eigenvalue weighted by Gasteiger charge is 2.10. The van der Waals surface area contributed by atoms with Crippen molar-refractivity contribution >= 4 is 22.6 Å². The SMILES string of the molecule is COc1ccc(N/C=C(/C#N)c2nc(-c3ccccc3)cs2)c(OC)c1. The molecule has 1 heterocycles. The van der Waals surface area contributed by atoms with E-state index in [1.165, 1.54) is 11.3 Å². The van der Waals surface area contributed by atoms with E-state index in [1.807, 2.05) is 47.8 Å². The van der Waals surface area contributed by atoms with Gasteiger partial charge in [-0.3, -0.25) is 0 Å². The molecular formula is C20H17N3O2S. The molecule has 2 aromatic carbocycles. The standard InChI is InChI=1S/C20H17N3O2S/c1-24-16-8-9-17(19(10-16)25-2)22-12-15(11-21)20-23-18(13-26-20)14-6-4-3-5-7-14/h3-10,12-13,22H,1-2H3/b15-12-. The van der Waals surface area contributed by atoms with Gasteiger partial charge in [0.2, 0.25) is 0 Å². The fourth-order valence-corrected chi connectivity index (χ4v) is 3.14. The molecule has 6 heteroatoms. The van der Waals surface area contributed by atoms with Crippen LogP contribution in [0.1, 0.15) is 5.01 Å². The van der Waals surface area contributed by atoms with E-state index in [9.17, 15) is 5.26 Å². The van der Waals surface area contributed by atoms with Crippen molar-refractivity contribution in [2.75, 3.05) is 19.5 Å². The molecule has 0 atom stereocenters. The van der Waals surface area contributed by atoms with Crippen LogP contribution in [-0.4, -0.2) is 19.2 Å². The second-order valence-corrected chi connectivity index (χ2v) is 6.14. The Balaban J connectivity index is 1.84. The normalized spacial score (nSPS) is 10.9. The summed E-state index contributed by atoms with van der Waals surface area (Å²) in [6.07, 6.45) is 1.64. The Bertz CT molecular complexity index is 959. The van der Waals surface area contributed by atoms with Gasteiger partial charge in [0.25, 0.3) is 0 Å². The van der Waals surface area contributed by atoms with E-state index in [0.717, 1.165) is 16.9 Å². The minimum atomic E-state index is 0.454. The average Bonchev–Trinajstić information content (AvgIpc) is 3.19. The van der Waals surface area contributed by atoms with Crippen molar-refractivity contribution in [1.82, 2.24) is 4.98 Å². The number of thiazole rings is 1. The highest BCUT2D eigenvalue weighted by molar-refractivity contribution is 7.11. The van der Waals surface area contributed by atoms with Crippen LogP contribution in [0.2, 0.25) is 0 Å². The predicted octanol–water partition coefficient (Wildman–Crippen LogP) is 4.80. The van der Waals surface area contributed by atoms with Crippen molar-refractivity contribution in [3.8, 4) is 28.8 Å². The summed E-state index contributed by atoms with van der Waals surface area (Å²) in [7, 11) is 3.18. The number of hydrogen-bond donors (Lipinski definition) is 1. The zero-order chi connectivity index (χ0) is 18.4. The van der Waals surface area contributed by atoms with Gasteiger partial charge < -0.3 is 14.8 Å². The van der Waals surface area contributed by atoms with Crippen LogP contribution in [-0.2, 0) is 0 Å². The first kappa shape index (κ1) is 17.5. The molecule has 0 fully saturated rings. The van der Waals surface area contributed by atoms with Crippen LogP contribution in [0.15, 0.2) is 60.1 Å². The molecule has 0 spiro atoms. The molecule has 0 radical (unpaired) electrons. The van der Waals surface area contributed by atoms with Crippen LogP contribution in [0.3, 0.4) is 0 Å². The van der Waals surface area contributed by atoms with Crippen molar-refractivity contribution in [3.63, 3.8) is 0 Å². The number of nitrogens with zero attached hydrogens (tertiary/aromatic N) is 2. The topological polar surface area (TPSA) is 67.2 Å². The summed E-state index contributed by atoms with van der Waals surface area (Å²) in [6.45, 7) is 0. The Hall–Kier alpha value is -3.30. The molecule has 130 valence electrons. The minimum absolute atomic E-state index is 0.454. The monoisotopic (exact) mass is 363 g/mol. The fourth-order valence-electron chi connectivity index (χ4n) is 2.35. The molecule has 0 unspecified atom stereocenters. The molecular weight excluding hydrogens is 346 g/mol. The predicted molar refractivity (Wildman–Crippen MR) is 104 cm³/mol. The summed E-state index contributed by atoms with van der Waals surface area (Å²) in [5.41, 5.74) is 3.07. The smallest absolute Gasteiger partial charge is 0.145 e. The highest BCUT2D eigenvalue weighted by Crippen LogP contribution is 2.30. The average molecular weight is 363 g/mol.